The van der Waals surface area contributed by atoms with Gasteiger partial charge in [-0.3, -0.25) is 0 Å². The normalized spacial score (nSPS) is 33.5. The second-order valence-corrected chi connectivity index (χ2v) is 4.43. The number of rotatable bonds is 1. The van der Waals surface area contributed by atoms with Gasteiger partial charge in [0.1, 0.15) is 0 Å². The Labute approximate surface area is 80.0 Å². The molecule has 2 N–H and O–H groups in total. The van der Waals surface area contributed by atoms with Gasteiger partial charge in [0.05, 0.1) is 0 Å². The first-order chi connectivity index (χ1) is 6.21. The molecule has 1 aromatic rings. The summed E-state index contributed by atoms with van der Waals surface area (Å²) in [5.41, 5.74) is 7.73. The molecule has 1 aliphatic carbocycles. The molecule has 0 unspecified atom stereocenters. The summed E-state index contributed by atoms with van der Waals surface area (Å²) < 4.78 is 0. The van der Waals surface area contributed by atoms with Crippen LogP contribution in [0.3, 0.4) is 0 Å². The van der Waals surface area contributed by atoms with Gasteiger partial charge in [0.2, 0.25) is 0 Å². The number of nitrogens with two attached hydrogens (primary N) is 1. The van der Waals surface area contributed by atoms with Gasteiger partial charge in [0.15, 0.2) is 0 Å². The molecular weight excluding hydrogens is 158 g/mol. The van der Waals surface area contributed by atoms with Gasteiger partial charge < -0.3 is 5.73 Å². The summed E-state index contributed by atoms with van der Waals surface area (Å²) in [6.07, 6.45) is 3.54. The van der Waals surface area contributed by atoms with Gasteiger partial charge in [-0.05, 0) is 30.2 Å². The first-order valence-corrected chi connectivity index (χ1v) is 5.02. The zero-order valence-corrected chi connectivity index (χ0v) is 8.16. The van der Waals surface area contributed by atoms with E-state index in [-0.39, 0.29) is 0 Å². The van der Waals surface area contributed by atoms with E-state index in [0.29, 0.717) is 11.5 Å². The highest BCUT2D eigenvalue weighted by atomic mass is 14.7. The molecule has 1 aliphatic rings. The summed E-state index contributed by atoms with van der Waals surface area (Å²) in [6, 6.07) is 11.2. The van der Waals surface area contributed by atoms with Gasteiger partial charge in [-0.15, -0.1) is 0 Å². The van der Waals surface area contributed by atoms with Crippen LogP contribution in [0.25, 0.3) is 0 Å². The maximum absolute atomic E-state index is 5.95. The third-order valence-corrected chi connectivity index (χ3v) is 3.25. The molecule has 1 aromatic carbocycles. The molecule has 0 aliphatic heterocycles. The zero-order chi connectivity index (χ0) is 9.31. The van der Waals surface area contributed by atoms with Crippen LogP contribution in [-0.2, 0) is 5.41 Å². The Morgan fingerprint density at radius 2 is 2.00 bits per heavy atom. The molecule has 0 radical (unpaired) electrons. The predicted molar refractivity (Wildman–Crippen MR) is 55.6 cm³/mol. The first-order valence-electron chi connectivity index (χ1n) is 5.02. The van der Waals surface area contributed by atoms with Crippen LogP contribution in [0.4, 0.5) is 0 Å². The molecule has 0 heterocycles. The van der Waals surface area contributed by atoms with Crippen molar-refractivity contribution in [2.45, 2.75) is 37.6 Å². The van der Waals surface area contributed by atoms with Gasteiger partial charge in [-0.2, -0.15) is 0 Å². The highest BCUT2D eigenvalue weighted by molar-refractivity contribution is 5.26. The highest BCUT2D eigenvalue weighted by Gasteiger charge is 2.34. The lowest BCUT2D eigenvalue weighted by molar-refractivity contribution is 0.482. The Morgan fingerprint density at radius 3 is 2.54 bits per heavy atom. The van der Waals surface area contributed by atoms with Crippen LogP contribution >= 0.6 is 0 Å². The standard InChI is InChI=1S/C12H17N/c1-12(8-7-11(13)9-12)10-5-3-2-4-6-10/h2-6,11H,7-9,13H2,1H3/t11-,12+/m0/s1. The van der Waals surface area contributed by atoms with Crippen LogP contribution in [0.2, 0.25) is 0 Å². The van der Waals surface area contributed by atoms with E-state index in [2.05, 4.69) is 37.3 Å². The first kappa shape index (κ1) is 8.76. The lowest BCUT2D eigenvalue weighted by atomic mass is 9.81. The second-order valence-electron chi connectivity index (χ2n) is 4.43. The molecule has 0 aromatic heterocycles. The summed E-state index contributed by atoms with van der Waals surface area (Å²) in [4.78, 5) is 0. The van der Waals surface area contributed by atoms with Crippen LogP contribution < -0.4 is 5.73 Å². The van der Waals surface area contributed by atoms with E-state index in [1.807, 2.05) is 0 Å². The Bertz CT molecular complexity index is 280. The number of hydrogen-bond donors (Lipinski definition) is 1. The smallest absolute Gasteiger partial charge is 0.00475 e. The minimum absolute atomic E-state index is 0.334. The van der Waals surface area contributed by atoms with Crippen LogP contribution in [-0.4, -0.2) is 6.04 Å². The van der Waals surface area contributed by atoms with Gasteiger partial charge in [0, 0.05) is 6.04 Å². The molecule has 0 saturated heterocycles. The summed E-state index contributed by atoms with van der Waals surface area (Å²) in [6.45, 7) is 2.33. The fourth-order valence-electron chi connectivity index (χ4n) is 2.39. The largest absolute Gasteiger partial charge is 0.328 e. The summed E-state index contributed by atoms with van der Waals surface area (Å²) in [7, 11) is 0. The Balaban J connectivity index is 2.26. The molecule has 70 valence electrons. The Morgan fingerprint density at radius 1 is 1.31 bits per heavy atom. The lowest BCUT2D eigenvalue weighted by Gasteiger charge is -2.24. The molecule has 0 amide bonds. The van der Waals surface area contributed by atoms with Crippen LogP contribution in [0, 0.1) is 0 Å². The summed E-state index contributed by atoms with van der Waals surface area (Å²) >= 11 is 0. The van der Waals surface area contributed by atoms with E-state index < -0.39 is 0 Å². The molecule has 1 fully saturated rings. The topological polar surface area (TPSA) is 26.0 Å². The van der Waals surface area contributed by atoms with Crippen molar-refractivity contribution in [1.29, 1.82) is 0 Å². The fourth-order valence-corrected chi connectivity index (χ4v) is 2.39. The summed E-state index contributed by atoms with van der Waals surface area (Å²) in [5.74, 6) is 0. The molecule has 1 nitrogen and oxygen atoms in total. The van der Waals surface area contributed by atoms with Crippen molar-refractivity contribution in [2.24, 2.45) is 5.73 Å². The minimum atomic E-state index is 0.334. The molecular formula is C12H17N. The summed E-state index contributed by atoms with van der Waals surface area (Å²) in [5, 5.41) is 0. The fraction of sp³-hybridized carbons (Fsp3) is 0.500. The SMILES string of the molecule is C[C@@]1(c2ccccc2)CC[C@H](N)C1. The molecule has 1 saturated carbocycles. The van der Waals surface area contributed by atoms with Crippen molar-refractivity contribution >= 4 is 0 Å². The second kappa shape index (κ2) is 3.15. The van der Waals surface area contributed by atoms with Crippen molar-refractivity contribution in [3.63, 3.8) is 0 Å². The van der Waals surface area contributed by atoms with E-state index in [4.69, 9.17) is 5.73 Å². The maximum Gasteiger partial charge on any atom is 0.00475 e. The minimum Gasteiger partial charge on any atom is -0.328 e. The van der Waals surface area contributed by atoms with Gasteiger partial charge in [-0.1, -0.05) is 37.3 Å². The van der Waals surface area contributed by atoms with E-state index >= 15 is 0 Å². The molecule has 2 atom stereocenters. The van der Waals surface area contributed by atoms with Gasteiger partial charge in [-0.25, -0.2) is 0 Å². The molecule has 1 heteroatoms. The van der Waals surface area contributed by atoms with Crippen molar-refractivity contribution in [1.82, 2.24) is 0 Å². The lowest BCUT2D eigenvalue weighted by Crippen LogP contribution is -2.22. The molecule has 13 heavy (non-hydrogen) atoms. The van der Waals surface area contributed by atoms with E-state index in [1.165, 1.54) is 18.4 Å². The van der Waals surface area contributed by atoms with Crippen LogP contribution in [0.5, 0.6) is 0 Å². The molecule has 0 spiro atoms. The third-order valence-electron chi connectivity index (χ3n) is 3.25. The number of benzene rings is 1. The molecule has 0 bridgehead atoms. The van der Waals surface area contributed by atoms with Gasteiger partial charge in [0.25, 0.3) is 0 Å². The van der Waals surface area contributed by atoms with E-state index in [0.717, 1.165) is 6.42 Å². The predicted octanol–water partition coefficient (Wildman–Crippen LogP) is 2.46. The zero-order valence-electron chi connectivity index (χ0n) is 8.16. The Kier molecular flexibility index (Phi) is 2.12. The van der Waals surface area contributed by atoms with Crippen LogP contribution in [0.15, 0.2) is 30.3 Å². The highest BCUT2D eigenvalue weighted by Crippen LogP contribution is 2.39. The Hall–Kier alpha value is -0.820. The van der Waals surface area contributed by atoms with Crippen molar-refractivity contribution in [3.8, 4) is 0 Å². The molecule has 2 rings (SSSR count). The van der Waals surface area contributed by atoms with Crippen molar-refractivity contribution < 1.29 is 0 Å². The average molecular weight is 175 g/mol. The maximum atomic E-state index is 5.95. The number of hydrogen-bond acceptors (Lipinski definition) is 1. The van der Waals surface area contributed by atoms with E-state index in [1.54, 1.807) is 0 Å². The van der Waals surface area contributed by atoms with Crippen molar-refractivity contribution in [2.75, 3.05) is 0 Å². The monoisotopic (exact) mass is 175 g/mol. The third kappa shape index (κ3) is 1.61. The van der Waals surface area contributed by atoms with E-state index in [9.17, 15) is 0 Å². The van der Waals surface area contributed by atoms with Gasteiger partial charge >= 0.3 is 0 Å². The van der Waals surface area contributed by atoms with Crippen molar-refractivity contribution in [3.05, 3.63) is 35.9 Å². The average Bonchev–Trinajstić information content (AvgIpc) is 2.49. The van der Waals surface area contributed by atoms with Crippen LogP contribution in [0.1, 0.15) is 31.7 Å². The quantitative estimate of drug-likeness (QED) is 0.697.